The molecule has 4 saturated carbocycles. The Morgan fingerprint density at radius 2 is 1.69 bits per heavy atom. The molecule has 240 valence electrons. The molecular weight excluding hydrogens is 619 g/mol. The highest BCUT2D eigenvalue weighted by Gasteiger charge is 2.52. The third-order valence-corrected chi connectivity index (χ3v) is 10.8. The number of esters is 1. The van der Waals surface area contributed by atoms with E-state index in [0.717, 1.165) is 29.7 Å². The van der Waals surface area contributed by atoms with Crippen LogP contribution in [0, 0.1) is 23.2 Å². The number of fused-ring (bicyclic) bond motifs is 1. The Morgan fingerprint density at radius 1 is 1.00 bits per heavy atom. The summed E-state index contributed by atoms with van der Waals surface area (Å²) in [6.07, 6.45) is 8.68. The average Bonchev–Trinajstić information content (AvgIpc) is 3.53. The Kier molecular flexibility index (Phi) is 8.11. The molecule has 1 aromatic carbocycles. The molecule has 0 radical (unpaired) electrons. The molecule has 1 saturated heterocycles. The molecule has 1 aliphatic heterocycles. The first-order valence-corrected chi connectivity index (χ1v) is 16.5. The molecule has 8 rings (SSSR count). The van der Waals surface area contributed by atoms with Gasteiger partial charge < -0.3 is 29.2 Å². The van der Waals surface area contributed by atoms with Gasteiger partial charge in [-0.3, -0.25) is 4.79 Å². The van der Waals surface area contributed by atoms with E-state index in [1.54, 1.807) is 48.0 Å². The predicted octanol–water partition coefficient (Wildman–Crippen LogP) is 6.91. The van der Waals surface area contributed by atoms with Gasteiger partial charge in [0.1, 0.15) is 36.0 Å². The fourth-order valence-electron chi connectivity index (χ4n) is 8.74. The molecule has 10 nitrogen and oxygen atoms in total. The lowest BCUT2D eigenvalue weighted by atomic mass is 9.49. The summed E-state index contributed by atoms with van der Waals surface area (Å²) in [5, 5.41) is 1.21. The molecule has 0 spiro atoms. The molecule has 12 heteroatoms. The molecule has 3 heterocycles. The van der Waals surface area contributed by atoms with Crippen LogP contribution in [-0.2, 0) is 30.2 Å². The van der Waals surface area contributed by atoms with Crippen LogP contribution in [0.2, 0.25) is 10.3 Å². The van der Waals surface area contributed by atoms with Gasteiger partial charge in [-0.2, -0.15) is 4.98 Å². The number of ether oxygens (including phenoxy) is 4. The number of rotatable bonds is 9. The standard InChI is InChI=1S/C33H38Cl2N4O6/c1-32(18-43-27(40)13-19-2-4-23(34)5-3-19)25(14-26(45-32)39-8-6-24-28(36)37-30(35)38-29(24)39)44-31(41)42-9-7-33-15-20-10-21(16-33)12-22(11-20)17-33/h2-6,8,20-22,25-26H,7,9-18H2,1H3,(H2,36,37,38)/t20?,21?,22?,25-,26+,32+,33?/m0/s1. The molecule has 4 aliphatic carbocycles. The number of hydrogen-bond acceptors (Lipinski definition) is 9. The summed E-state index contributed by atoms with van der Waals surface area (Å²) in [6, 6.07) is 8.77. The minimum absolute atomic E-state index is 0.00670. The fraction of sp³-hybridized carbons (Fsp3) is 0.576. The molecule has 4 bridgehead atoms. The maximum Gasteiger partial charge on any atom is 0.508 e. The summed E-state index contributed by atoms with van der Waals surface area (Å²) in [4.78, 5) is 34.3. The van der Waals surface area contributed by atoms with Crippen LogP contribution in [0.1, 0.15) is 70.1 Å². The van der Waals surface area contributed by atoms with E-state index in [1.807, 2.05) is 0 Å². The minimum atomic E-state index is -1.17. The van der Waals surface area contributed by atoms with Gasteiger partial charge >= 0.3 is 12.1 Å². The Bertz CT molecular complexity index is 1560. The molecule has 5 fully saturated rings. The van der Waals surface area contributed by atoms with Gasteiger partial charge in [-0.25, -0.2) is 9.78 Å². The number of benzene rings is 1. The Morgan fingerprint density at radius 3 is 2.38 bits per heavy atom. The van der Waals surface area contributed by atoms with E-state index in [9.17, 15) is 9.59 Å². The molecule has 3 atom stereocenters. The highest BCUT2D eigenvalue weighted by Crippen LogP contribution is 2.61. The normalized spacial score (nSPS) is 31.8. The van der Waals surface area contributed by atoms with Crippen molar-refractivity contribution in [1.82, 2.24) is 14.5 Å². The van der Waals surface area contributed by atoms with Crippen molar-refractivity contribution in [3.05, 3.63) is 52.4 Å². The van der Waals surface area contributed by atoms with Crippen LogP contribution in [0.15, 0.2) is 36.5 Å². The maximum atomic E-state index is 13.1. The number of carbonyl (C=O) groups excluding carboxylic acids is 2. The summed E-state index contributed by atoms with van der Waals surface area (Å²) >= 11 is 12.1. The van der Waals surface area contributed by atoms with Gasteiger partial charge in [-0.05, 0) is 110 Å². The Labute approximate surface area is 271 Å². The first-order valence-electron chi connectivity index (χ1n) is 15.8. The molecule has 2 N–H and O–H groups in total. The zero-order valence-electron chi connectivity index (χ0n) is 25.3. The lowest BCUT2D eigenvalue weighted by Crippen LogP contribution is -2.46. The molecule has 5 aliphatic rings. The predicted molar refractivity (Wildman–Crippen MR) is 168 cm³/mol. The quantitative estimate of drug-likeness (QED) is 0.193. The highest BCUT2D eigenvalue weighted by atomic mass is 35.5. The fourth-order valence-corrected chi connectivity index (χ4v) is 9.04. The van der Waals surface area contributed by atoms with E-state index in [-0.39, 0.29) is 30.5 Å². The molecule has 3 aromatic rings. The largest absolute Gasteiger partial charge is 0.508 e. The number of nitrogen functional groups attached to an aromatic ring is 1. The van der Waals surface area contributed by atoms with Gasteiger partial charge in [0.25, 0.3) is 0 Å². The van der Waals surface area contributed by atoms with Crippen LogP contribution in [0.25, 0.3) is 11.0 Å². The van der Waals surface area contributed by atoms with Crippen molar-refractivity contribution >= 4 is 52.2 Å². The zero-order valence-corrected chi connectivity index (χ0v) is 26.8. The maximum absolute atomic E-state index is 13.1. The first kappa shape index (κ1) is 30.6. The summed E-state index contributed by atoms with van der Waals surface area (Å²) < 4.78 is 25.5. The molecule has 2 aromatic heterocycles. The van der Waals surface area contributed by atoms with Crippen molar-refractivity contribution in [2.75, 3.05) is 18.9 Å². The van der Waals surface area contributed by atoms with Crippen LogP contribution in [0.5, 0.6) is 0 Å². The lowest BCUT2D eigenvalue weighted by molar-refractivity contribution is -0.163. The van der Waals surface area contributed by atoms with Crippen molar-refractivity contribution in [2.24, 2.45) is 23.2 Å². The van der Waals surface area contributed by atoms with E-state index < -0.39 is 30.1 Å². The number of nitrogens with zero attached hydrogens (tertiary/aromatic N) is 3. The SMILES string of the molecule is C[C@]1(COC(=O)Cc2ccc(Cl)cc2)O[C@@H](n2ccc3c(N)nc(Cl)nc32)C[C@@H]1OC(=O)OCCC12CC3CC(CC(C3)C1)C2. The van der Waals surface area contributed by atoms with E-state index >= 15 is 0 Å². The second-order valence-corrected chi connectivity index (χ2v) is 14.6. The third kappa shape index (κ3) is 6.33. The lowest BCUT2D eigenvalue weighted by Gasteiger charge is -2.57. The third-order valence-electron chi connectivity index (χ3n) is 10.4. The minimum Gasteiger partial charge on any atom is -0.462 e. The van der Waals surface area contributed by atoms with Gasteiger partial charge in [-0.15, -0.1) is 0 Å². The van der Waals surface area contributed by atoms with Crippen LogP contribution in [-0.4, -0.2) is 51.6 Å². The zero-order chi connectivity index (χ0) is 31.3. The van der Waals surface area contributed by atoms with Gasteiger partial charge in [-0.1, -0.05) is 23.7 Å². The second kappa shape index (κ2) is 11.9. The molecule has 0 unspecified atom stereocenters. The van der Waals surface area contributed by atoms with Crippen LogP contribution in [0.3, 0.4) is 0 Å². The van der Waals surface area contributed by atoms with Gasteiger partial charge in [0, 0.05) is 17.6 Å². The number of aromatic nitrogens is 3. The summed E-state index contributed by atoms with van der Waals surface area (Å²) in [5.74, 6) is 2.30. The van der Waals surface area contributed by atoms with Crippen molar-refractivity contribution in [1.29, 1.82) is 0 Å². The monoisotopic (exact) mass is 656 g/mol. The van der Waals surface area contributed by atoms with Gasteiger partial charge in [0.2, 0.25) is 5.28 Å². The highest BCUT2D eigenvalue weighted by molar-refractivity contribution is 6.30. The van der Waals surface area contributed by atoms with Gasteiger partial charge in [0.15, 0.2) is 0 Å². The van der Waals surface area contributed by atoms with Crippen LogP contribution < -0.4 is 5.73 Å². The van der Waals surface area contributed by atoms with E-state index in [4.69, 9.17) is 47.9 Å². The van der Waals surface area contributed by atoms with Crippen molar-refractivity contribution < 1.29 is 28.5 Å². The summed E-state index contributed by atoms with van der Waals surface area (Å²) in [6.45, 7) is 1.95. The van der Waals surface area contributed by atoms with Crippen molar-refractivity contribution in [3.63, 3.8) is 0 Å². The number of anilines is 1. The Hall–Kier alpha value is -3.08. The van der Waals surface area contributed by atoms with Crippen LogP contribution >= 0.6 is 23.2 Å². The van der Waals surface area contributed by atoms with Gasteiger partial charge in [0.05, 0.1) is 18.4 Å². The van der Waals surface area contributed by atoms with E-state index in [0.29, 0.717) is 28.1 Å². The van der Waals surface area contributed by atoms with Crippen LogP contribution in [0.4, 0.5) is 10.6 Å². The van der Waals surface area contributed by atoms with E-state index in [1.165, 1.54) is 38.5 Å². The number of carbonyl (C=O) groups is 2. The molecular formula is C33H38Cl2N4O6. The molecule has 0 amide bonds. The number of hydrogen-bond donors (Lipinski definition) is 1. The summed E-state index contributed by atoms with van der Waals surface area (Å²) in [7, 11) is 0. The number of nitrogens with two attached hydrogens (primary N) is 1. The first-order chi connectivity index (χ1) is 21.6. The Balaban J connectivity index is 1.03. The van der Waals surface area contributed by atoms with Crippen molar-refractivity contribution in [2.45, 2.75) is 82.6 Å². The van der Waals surface area contributed by atoms with E-state index in [2.05, 4.69) is 9.97 Å². The average molecular weight is 658 g/mol. The molecule has 45 heavy (non-hydrogen) atoms. The smallest absolute Gasteiger partial charge is 0.462 e. The summed E-state index contributed by atoms with van der Waals surface area (Å²) in [5.41, 5.74) is 6.45. The number of halogens is 2. The van der Waals surface area contributed by atoms with Crippen molar-refractivity contribution in [3.8, 4) is 0 Å². The second-order valence-electron chi connectivity index (χ2n) is 13.8. The topological polar surface area (TPSA) is 128 Å².